The summed E-state index contributed by atoms with van der Waals surface area (Å²) in [6.45, 7) is 3.81. The smallest absolute Gasteiger partial charge is 0.198 e. The maximum atomic E-state index is 12.3. The van der Waals surface area contributed by atoms with Crippen LogP contribution in [-0.2, 0) is 6.54 Å². The van der Waals surface area contributed by atoms with Crippen molar-refractivity contribution in [2.75, 3.05) is 6.54 Å². The van der Waals surface area contributed by atoms with Crippen LogP contribution in [0.4, 0.5) is 0 Å². The molecule has 1 atom stereocenters. The summed E-state index contributed by atoms with van der Waals surface area (Å²) in [5.74, 6) is 0.162. The van der Waals surface area contributed by atoms with Crippen LogP contribution in [0.1, 0.15) is 36.7 Å². The van der Waals surface area contributed by atoms with E-state index in [-0.39, 0.29) is 11.8 Å². The van der Waals surface area contributed by atoms with Gasteiger partial charge in [-0.05, 0) is 41.7 Å². The molecule has 1 unspecified atom stereocenters. The summed E-state index contributed by atoms with van der Waals surface area (Å²) in [7, 11) is 0. The Morgan fingerprint density at radius 1 is 1.75 bits per heavy atom. The number of hydrogen-bond acceptors (Lipinski definition) is 3. The minimum Gasteiger partial charge on any atom is -0.307 e. The highest BCUT2D eigenvalue weighted by atomic mass is 79.9. The van der Waals surface area contributed by atoms with E-state index in [1.54, 1.807) is 10.9 Å². The van der Waals surface area contributed by atoms with Crippen LogP contribution in [0.15, 0.2) is 10.7 Å². The van der Waals surface area contributed by atoms with Crippen molar-refractivity contribution in [2.45, 2.75) is 38.8 Å². The number of halogens is 1. The molecule has 4 nitrogen and oxygen atoms in total. The number of nitrogens with zero attached hydrogens (tertiary/aromatic N) is 2. The van der Waals surface area contributed by atoms with Crippen molar-refractivity contribution in [1.82, 2.24) is 15.1 Å². The Morgan fingerprint density at radius 3 is 3.19 bits per heavy atom. The first kappa shape index (κ1) is 11.8. The molecule has 2 rings (SSSR count). The minimum atomic E-state index is -0.0244. The number of aryl methyl sites for hydroxylation is 1. The zero-order valence-electron chi connectivity index (χ0n) is 9.37. The quantitative estimate of drug-likeness (QED) is 0.861. The zero-order chi connectivity index (χ0) is 11.5. The van der Waals surface area contributed by atoms with Gasteiger partial charge in [-0.1, -0.05) is 6.92 Å². The molecule has 1 aliphatic rings. The van der Waals surface area contributed by atoms with E-state index in [0.717, 1.165) is 36.8 Å². The van der Waals surface area contributed by atoms with Crippen LogP contribution in [0, 0.1) is 0 Å². The van der Waals surface area contributed by atoms with Gasteiger partial charge in [0.1, 0.15) is 5.69 Å². The number of Topliss-reactive ketones (excluding diaryl/α,β-unsaturated/α-hetero) is 1. The van der Waals surface area contributed by atoms with E-state index >= 15 is 0 Å². The van der Waals surface area contributed by atoms with Crippen LogP contribution in [0.3, 0.4) is 0 Å². The lowest BCUT2D eigenvalue weighted by molar-refractivity contribution is 0.0940. The van der Waals surface area contributed by atoms with Crippen molar-refractivity contribution in [1.29, 1.82) is 0 Å². The molecular weight excluding hydrogens is 270 g/mol. The summed E-state index contributed by atoms with van der Waals surface area (Å²) in [6.07, 6.45) is 4.70. The summed E-state index contributed by atoms with van der Waals surface area (Å²) in [5.41, 5.74) is 0.709. The monoisotopic (exact) mass is 285 g/mol. The largest absolute Gasteiger partial charge is 0.307 e. The lowest BCUT2D eigenvalue weighted by Gasteiger charge is -2.11. The SMILES string of the molecule is CCCn1ncc(Br)c1C(=O)C1CCCN1. The van der Waals surface area contributed by atoms with Crippen molar-refractivity contribution in [2.24, 2.45) is 0 Å². The Hall–Kier alpha value is -0.680. The summed E-state index contributed by atoms with van der Waals surface area (Å²) in [5, 5.41) is 7.45. The number of carbonyl (C=O) groups excluding carboxylic acids is 1. The van der Waals surface area contributed by atoms with Gasteiger partial charge in [-0.2, -0.15) is 5.10 Å². The maximum absolute atomic E-state index is 12.3. The molecule has 1 aromatic heterocycles. The zero-order valence-corrected chi connectivity index (χ0v) is 11.0. The molecule has 1 saturated heterocycles. The van der Waals surface area contributed by atoms with Crippen LogP contribution in [0.5, 0.6) is 0 Å². The summed E-state index contributed by atoms with van der Waals surface area (Å²) in [4.78, 5) is 12.3. The summed E-state index contributed by atoms with van der Waals surface area (Å²) < 4.78 is 2.60. The molecule has 0 aromatic carbocycles. The van der Waals surface area contributed by atoms with E-state index in [9.17, 15) is 4.79 Å². The summed E-state index contributed by atoms with van der Waals surface area (Å²) >= 11 is 3.40. The molecule has 1 aliphatic heterocycles. The second kappa shape index (κ2) is 5.10. The average Bonchev–Trinajstić information content (AvgIpc) is 2.88. The molecule has 2 heterocycles. The Morgan fingerprint density at radius 2 is 2.56 bits per heavy atom. The first-order valence-electron chi connectivity index (χ1n) is 5.73. The molecule has 16 heavy (non-hydrogen) atoms. The summed E-state index contributed by atoms with van der Waals surface area (Å²) in [6, 6.07) is -0.0244. The molecule has 0 bridgehead atoms. The third kappa shape index (κ3) is 2.20. The number of ketones is 1. The molecule has 0 saturated carbocycles. The molecule has 0 amide bonds. The predicted molar refractivity (Wildman–Crippen MR) is 65.6 cm³/mol. The third-order valence-corrected chi connectivity index (χ3v) is 3.42. The lowest BCUT2D eigenvalue weighted by atomic mass is 10.1. The standard InChI is InChI=1S/C11H16BrN3O/c1-2-6-15-10(8(12)7-14-15)11(16)9-4-3-5-13-9/h7,9,13H,2-6H2,1H3. The second-order valence-electron chi connectivity index (χ2n) is 4.08. The molecule has 0 aliphatic carbocycles. The van der Waals surface area contributed by atoms with Gasteiger partial charge < -0.3 is 5.32 Å². The molecule has 5 heteroatoms. The molecule has 0 radical (unpaired) electrons. The van der Waals surface area contributed by atoms with Gasteiger partial charge in [0, 0.05) is 6.54 Å². The van der Waals surface area contributed by atoms with E-state index in [1.807, 2.05) is 0 Å². The van der Waals surface area contributed by atoms with Crippen molar-refractivity contribution in [3.05, 3.63) is 16.4 Å². The molecule has 0 spiro atoms. The van der Waals surface area contributed by atoms with Crippen molar-refractivity contribution >= 4 is 21.7 Å². The van der Waals surface area contributed by atoms with Gasteiger partial charge in [-0.25, -0.2) is 0 Å². The fourth-order valence-corrected chi connectivity index (χ4v) is 2.55. The van der Waals surface area contributed by atoms with Gasteiger partial charge in [-0.3, -0.25) is 9.48 Å². The number of carbonyl (C=O) groups is 1. The van der Waals surface area contributed by atoms with E-state index in [0.29, 0.717) is 5.69 Å². The van der Waals surface area contributed by atoms with Gasteiger partial charge in [0.15, 0.2) is 5.78 Å². The fourth-order valence-electron chi connectivity index (χ4n) is 2.06. The van der Waals surface area contributed by atoms with Crippen LogP contribution in [-0.4, -0.2) is 28.2 Å². The Bertz CT molecular complexity index is 383. The van der Waals surface area contributed by atoms with E-state index in [1.165, 1.54) is 0 Å². The fraction of sp³-hybridized carbons (Fsp3) is 0.636. The number of aromatic nitrogens is 2. The Labute approximate surface area is 104 Å². The highest BCUT2D eigenvalue weighted by Gasteiger charge is 2.27. The van der Waals surface area contributed by atoms with Gasteiger partial charge in [0.2, 0.25) is 0 Å². The minimum absolute atomic E-state index is 0.0244. The third-order valence-electron chi connectivity index (χ3n) is 2.84. The average molecular weight is 286 g/mol. The molecule has 1 fully saturated rings. The molecule has 1 N–H and O–H groups in total. The predicted octanol–water partition coefficient (Wildman–Crippen LogP) is 1.99. The first-order chi connectivity index (χ1) is 7.74. The van der Waals surface area contributed by atoms with Crippen molar-refractivity contribution in [3.63, 3.8) is 0 Å². The molecular formula is C11H16BrN3O. The second-order valence-corrected chi connectivity index (χ2v) is 4.93. The van der Waals surface area contributed by atoms with Gasteiger partial charge in [0.05, 0.1) is 16.7 Å². The van der Waals surface area contributed by atoms with Crippen molar-refractivity contribution in [3.8, 4) is 0 Å². The number of rotatable bonds is 4. The molecule has 88 valence electrons. The highest BCUT2D eigenvalue weighted by Crippen LogP contribution is 2.20. The maximum Gasteiger partial charge on any atom is 0.198 e. The van der Waals surface area contributed by atoms with Crippen molar-refractivity contribution < 1.29 is 4.79 Å². The van der Waals surface area contributed by atoms with Crippen LogP contribution in [0.25, 0.3) is 0 Å². The normalized spacial score (nSPS) is 20.2. The van der Waals surface area contributed by atoms with Gasteiger partial charge >= 0.3 is 0 Å². The number of hydrogen-bond donors (Lipinski definition) is 1. The van der Waals surface area contributed by atoms with E-state index in [4.69, 9.17) is 0 Å². The van der Waals surface area contributed by atoms with Gasteiger partial charge in [0.25, 0.3) is 0 Å². The van der Waals surface area contributed by atoms with E-state index in [2.05, 4.69) is 33.3 Å². The topological polar surface area (TPSA) is 46.9 Å². The van der Waals surface area contributed by atoms with Crippen LogP contribution >= 0.6 is 15.9 Å². The van der Waals surface area contributed by atoms with Gasteiger partial charge in [-0.15, -0.1) is 0 Å². The van der Waals surface area contributed by atoms with E-state index < -0.39 is 0 Å². The Balaban J connectivity index is 2.23. The van der Waals surface area contributed by atoms with Crippen LogP contribution < -0.4 is 5.32 Å². The number of nitrogens with one attached hydrogen (secondary N) is 1. The first-order valence-corrected chi connectivity index (χ1v) is 6.52. The molecule has 1 aromatic rings. The highest BCUT2D eigenvalue weighted by molar-refractivity contribution is 9.10. The lowest BCUT2D eigenvalue weighted by Crippen LogP contribution is -2.32. The Kier molecular flexibility index (Phi) is 3.76. The van der Waals surface area contributed by atoms with Crippen LogP contribution in [0.2, 0.25) is 0 Å².